The molecule has 2 unspecified atom stereocenters. The molecule has 2 N–H and O–H groups in total. The maximum atomic E-state index is 12.8. The first-order chi connectivity index (χ1) is 14.9. The normalized spacial score (nSPS) is 18.4. The van der Waals surface area contributed by atoms with Crippen molar-refractivity contribution in [2.24, 2.45) is 18.9 Å². The Labute approximate surface area is 180 Å². The Hall–Kier alpha value is -3.20. The van der Waals surface area contributed by atoms with Crippen molar-refractivity contribution in [3.05, 3.63) is 41.1 Å². The largest absolute Gasteiger partial charge is 0.352 e. The number of rotatable bonds is 4. The van der Waals surface area contributed by atoms with Gasteiger partial charge in [0.2, 0.25) is 0 Å². The molecule has 2 atom stereocenters. The van der Waals surface area contributed by atoms with Crippen molar-refractivity contribution < 1.29 is 0 Å². The Morgan fingerprint density at radius 1 is 1.26 bits per heavy atom. The van der Waals surface area contributed by atoms with Gasteiger partial charge >= 0.3 is 5.69 Å². The van der Waals surface area contributed by atoms with Gasteiger partial charge in [0.15, 0.2) is 11.5 Å². The zero-order chi connectivity index (χ0) is 21.7. The van der Waals surface area contributed by atoms with E-state index in [1.807, 2.05) is 36.1 Å². The third-order valence-electron chi connectivity index (χ3n) is 6.56. The highest BCUT2D eigenvalue weighted by atomic mass is 16.1. The molecule has 1 saturated heterocycles. The van der Waals surface area contributed by atoms with Crippen molar-refractivity contribution in [1.29, 1.82) is 0 Å². The van der Waals surface area contributed by atoms with Crippen LogP contribution in [0.3, 0.4) is 0 Å². The van der Waals surface area contributed by atoms with Crippen LogP contribution in [0.1, 0.15) is 20.8 Å². The molecule has 5 rings (SSSR count). The van der Waals surface area contributed by atoms with Crippen LogP contribution in [0.15, 0.2) is 35.4 Å². The van der Waals surface area contributed by atoms with Crippen LogP contribution < -0.4 is 15.9 Å². The van der Waals surface area contributed by atoms with Crippen molar-refractivity contribution >= 4 is 27.9 Å². The summed E-state index contributed by atoms with van der Waals surface area (Å²) in [4.78, 5) is 27.2. The average molecular weight is 421 g/mol. The summed E-state index contributed by atoms with van der Waals surface area (Å²) in [5.41, 5.74) is 1.99. The number of hydrogen-bond acceptors (Lipinski definition) is 6. The molecule has 5 heterocycles. The first kappa shape index (κ1) is 19.7. The minimum Gasteiger partial charge on any atom is -0.352 e. The summed E-state index contributed by atoms with van der Waals surface area (Å²) in [5.74, 6) is 2.56. The Morgan fingerprint density at radius 2 is 2.10 bits per heavy atom. The van der Waals surface area contributed by atoms with E-state index in [4.69, 9.17) is 4.98 Å². The molecule has 0 radical (unpaired) electrons. The fourth-order valence-corrected chi connectivity index (χ4v) is 4.46. The molecule has 1 aliphatic rings. The summed E-state index contributed by atoms with van der Waals surface area (Å²) in [6.45, 7) is 9.43. The first-order valence-electron chi connectivity index (χ1n) is 10.8. The van der Waals surface area contributed by atoms with Gasteiger partial charge in [0.05, 0.1) is 11.7 Å². The van der Waals surface area contributed by atoms with Crippen LogP contribution in [0.4, 0.5) is 5.82 Å². The second-order valence-electron chi connectivity index (χ2n) is 8.76. The predicted molar refractivity (Wildman–Crippen MR) is 122 cm³/mol. The average Bonchev–Trinajstić information content (AvgIpc) is 3.31. The molecule has 4 aromatic rings. The summed E-state index contributed by atoms with van der Waals surface area (Å²) in [7, 11) is 1.94. The first-order valence-corrected chi connectivity index (χ1v) is 10.8. The maximum absolute atomic E-state index is 12.8. The van der Waals surface area contributed by atoms with Gasteiger partial charge in [-0.3, -0.25) is 9.67 Å². The topological polar surface area (TPSA) is 96.7 Å². The van der Waals surface area contributed by atoms with E-state index in [2.05, 4.69) is 46.1 Å². The minimum atomic E-state index is -0.248. The van der Waals surface area contributed by atoms with Crippen LogP contribution in [-0.2, 0) is 7.05 Å². The molecular weight excluding hydrogens is 392 g/mol. The molecule has 9 nitrogen and oxygen atoms in total. The molecule has 1 fully saturated rings. The summed E-state index contributed by atoms with van der Waals surface area (Å²) in [5, 5.41) is 9.10. The second kappa shape index (κ2) is 7.49. The van der Waals surface area contributed by atoms with E-state index < -0.39 is 0 Å². The Bertz CT molecular complexity index is 1300. The number of H-pyrrole nitrogens is 1. The minimum absolute atomic E-state index is 0.248. The highest BCUT2D eigenvalue weighted by Crippen LogP contribution is 2.29. The molecule has 162 valence electrons. The third-order valence-corrected chi connectivity index (χ3v) is 6.56. The molecule has 1 aliphatic heterocycles. The standard InChI is InChI=1S/C22H28N8O/c1-13(2)14(3)16-12-29(9-8-23-16)21-19-15(11-25-28(19)4)10-18(26-21)30-17-6-5-7-24-20(17)27-22(30)31/h5-7,10-11,13-14,16,23H,8-9,12H2,1-4H3,(H,24,27,31). The van der Waals surface area contributed by atoms with Crippen molar-refractivity contribution in [1.82, 2.24) is 34.6 Å². The van der Waals surface area contributed by atoms with Gasteiger partial charge in [0.25, 0.3) is 0 Å². The van der Waals surface area contributed by atoms with E-state index in [9.17, 15) is 4.79 Å². The van der Waals surface area contributed by atoms with Crippen LogP contribution in [0.25, 0.3) is 27.9 Å². The molecule has 4 aromatic heterocycles. The van der Waals surface area contributed by atoms with Crippen molar-refractivity contribution in [2.75, 3.05) is 24.5 Å². The second-order valence-corrected chi connectivity index (χ2v) is 8.76. The van der Waals surface area contributed by atoms with Crippen molar-refractivity contribution in [2.45, 2.75) is 26.8 Å². The number of anilines is 1. The maximum Gasteiger partial charge on any atom is 0.333 e. The Kier molecular flexibility index (Phi) is 4.77. The van der Waals surface area contributed by atoms with Crippen LogP contribution in [-0.4, -0.2) is 55.0 Å². The molecule has 0 spiro atoms. The van der Waals surface area contributed by atoms with Crippen molar-refractivity contribution in [3.8, 4) is 5.82 Å². The Morgan fingerprint density at radius 3 is 2.90 bits per heavy atom. The smallest absolute Gasteiger partial charge is 0.333 e. The van der Waals surface area contributed by atoms with E-state index in [0.29, 0.717) is 34.9 Å². The molecule has 9 heteroatoms. The lowest BCUT2D eigenvalue weighted by atomic mass is 9.89. The number of nitrogens with zero attached hydrogens (tertiary/aromatic N) is 6. The van der Waals surface area contributed by atoms with Crippen LogP contribution in [0.2, 0.25) is 0 Å². The number of nitrogens with one attached hydrogen (secondary N) is 2. The lowest BCUT2D eigenvalue weighted by Crippen LogP contribution is -2.54. The van der Waals surface area contributed by atoms with Gasteiger partial charge in [0.1, 0.15) is 11.3 Å². The van der Waals surface area contributed by atoms with Gasteiger partial charge in [-0.1, -0.05) is 20.8 Å². The zero-order valence-corrected chi connectivity index (χ0v) is 18.3. The summed E-state index contributed by atoms with van der Waals surface area (Å²) < 4.78 is 3.46. The van der Waals surface area contributed by atoms with E-state index in [1.54, 1.807) is 10.8 Å². The van der Waals surface area contributed by atoms with E-state index in [1.165, 1.54) is 0 Å². The lowest BCUT2D eigenvalue weighted by Gasteiger charge is -2.39. The summed E-state index contributed by atoms with van der Waals surface area (Å²) in [6, 6.07) is 6.00. The fourth-order valence-electron chi connectivity index (χ4n) is 4.46. The highest BCUT2D eigenvalue weighted by Gasteiger charge is 2.28. The number of imidazole rings is 1. The quantitative estimate of drug-likeness (QED) is 0.525. The van der Waals surface area contributed by atoms with Gasteiger partial charge in [-0.05, 0) is 30.0 Å². The molecule has 31 heavy (non-hydrogen) atoms. The number of aromatic amines is 1. The number of fused-ring (bicyclic) bond motifs is 2. The third kappa shape index (κ3) is 3.29. The highest BCUT2D eigenvalue weighted by molar-refractivity contribution is 5.91. The van der Waals surface area contributed by atoms with Gasteiger partial charge in [0, 0.05) is 44.3 Å². The molecule has 0 bridgehead atoms. The lowest BCUT2D eigenvalue weighted by molar-refractivity contribution is 0.283. The number of aromatic nitrogens is 6. The monoisotopic (exact) mass is 420 g/mol. The van der Waals surface area contributed by atoms with Gasteiger partial charge in [-0.2, -0.15) is 5.10 Å². The summed E-state index contributed by atoms with van der Waals surface area (Å²) >= 11 is 0. The van der Waals surface area contributed by atoms with Gasteiger partial charge < -0.3 is 10.2 Å². The van der Waals surface area contributed by atoms with E-state index in [0.717, 1.165) is 36.4 Å². The van der Waals surface area contributed by atoms with Crippen LogP contribution >= 0.6 is 0 Å². The molecule has 0 aromatic carbocycles. The molecule has 0 aliphatic carbocycles. The van der Waals surface area contributed by atoms with Crippen molar-refractivity contribution in [3.63, 3.8) is 0 Å². The Balaban J connectivity index is 1.65. The van der Waals surface area contributed by atoms with Crippen LogP contribution in [0.5, 0.6) is 0 Å². The number of aryl methyl sites for hydroxylation is 1. The number of hydrogen-bond donors (Lipinski definition) is 2. The number of piperazine rings is 1. The molecule has 0 amide bonds. The molecular formula is C22H28N8O. The number of pyridine rings is 2. The SMILES string of the molecule is CC(C)C(C)C1CN(c2nc(-n3c(=O)[nH]c4ncccc43)cc3cnn(C)c23)CCN1. The van der Waals surface area contributed by atoms with Gasteiger partial charge in [-0.25, -0.2) is 19.3 Å². The molecule has 0 saturated carbocycles. The fraction of sp³-hybridized carbons (Fsp3) is 0.455. The van der Waals surface area contributed by atoms with Gasteiger partial charge in [-0.15, -0.1) is 0 Å². The van der Waals surface area contributed by atoms with Crippen LogP contribution in [0, 0.1) is 11.8 Å². The van der Waals surface area contributed by atoms with E-state index >= 15 is 0 Å². The zero-order valence-electron chi connectivity index (χ0n) is 18.3. The van der Waals surface area contributed by atoms with E-state index in [-0.39, 0.29) is 5.69 Å². The predicted octanol–water partition coefficient (Wildman–Crippen LogP) is 2.07. The summed E-state index contributed by atoms with van der Waals surface area (Å²) in [6.07, 6.45) is 3.50.